The lowest BCUT2D eigenvalue weighted by Gasteiger charge is -2.51. The Labute approximate surface area is 204 Å². The van der Waals surface area contributed by atoms with Gasteiger partial charge in [0.15, 0.2) is 0 Å². The van der Waals surface area contributed by atoms with Crippen molar-refractivity contribution in [2.24, 2.45) is 0 Å². The zero-order chi connectivity index (χ0) is 23.9. The molecule has 34 heavy (non-hydrogen) atoms. The number of hydrogen-bond acceptors (Lipinski definition) is 3. The van der Waals surface area contributed by atoms with E-state index in [1.165, 1.54) is 27.8 Å². The second kappa shape index (κ2) is 9.29. The number of aryl methyl sites for hydroxylation is 3. The molecule has 3 aromatic carbocycles. The van der Waals surface area contributed by atoms with Crippen LogP contribution >= 0.6 is 0 Å². The van der Waals surface area contributed by atoms with E-state index in [4.69, 9.17) is 0 Å². The molecule has 0 spiro atoms. The minimum absolute atomic E-state index is 0.228. The van der Waals surface area contributed by atoms with Crippen molar-refractivity contribution in [1.29, 1.82) is 0 Å². The van der Waals surface area contributed by atoms with Gasteiger partial charge in [0, 0.05) is 31.6 Å². The smallest absolute Gasteiger partial charge is 0.243 e. The first-order valence-corrected chi connectivity index (χ1v) is 13.8. The number of nitrogens with zero attached hydrogens (tertiary/aromatic N) is 2. The third-order valence-corrected chi connectivity index (χ3v) is 9.49. The van der Waals surface area contributed by atoms with Gasteiger partial charge in [0.1, 0.15) is 0 Å². The van der Waals surface area contributed by atoms with Crippen LogP contribution in [0.15, 0.2) is 71.6 Å². The molecule has 0 bridgehead atoms. The van der Waals surface area contributed by atoms with Crippen LogP contribution in [0.3, 0.4) is 0 Å². The van der Waals surface area contributed by atoms with Gasteiger partial charge in [-0.25, -0.2) is 8.42 Å². The fourth-order valence-electron chi connectivity index (χ4n) is 5.62. The van der Waals surface area contributed by atoms with Crippen molar-refractivity contribution in [2.45, 2.75) is 50.5 Å². The first-order valence-electron chi connectivity index (χ1n) is 12.3. The first kappa shape index (κ1) is 23.3. The van der Waals surface area contributed by atoms with E-state index in [-0.39, 0.29) is 6.04 Å². The summed E-state index contributed by atoms with van der Waals surface area (Å²) < 4.78 is 28.9. The second-order valence-corrected chi connectivity index (χ2v) is 11.9. The molecule has 3 aromatic rings. The summed E-state index contributed by atoms with van der Waals surface area (Å²) in [4.78, 5) is 2.91. The zero-order valence-electron chi connectivity index (χ0n) is 20.4. The van der Waals surface area contributed by atoms with Gasteiger partial charge in [0.2, 0.25) is 10.0 Å². The summed E-state index contributed by atoms with van der Waals surface area (Å²) >= 11 is 0. The molecule has 0 radical (unpaired) electrons. The van der Waals surface area contributed by atoms with Gasteiger partial charge in [-0.2, -0.15) is 4.31 Å². The molecule has 2 aliphatic heterocycles. The largest absolute Gasteiger partial charge is 0.298 e. The minimum atomic E-state index is -3.50. The van der Waals surface area contributed by atoms with Gasteiger partial charge >= 0.3 is 0 Å². The molecule has 2 fully saturated rings. The van der Waals surface area contributed by atoms with E-state index in [1.807, 2.05) is 25.1 Å². The lowest BCUT2D eigenvalue weighted by Crippen LogP contribution is -2.60. The topological polar surface area (TPSA) is 40.6 Å². The second-order valence-electron chi connectivity index (χ2n) is 10.0. The highest BCUT2D eigenvalue weighted by Gasteiger charge is 2.43. The quantitative estimate of drug-likeness (QED) is 0.499. The van der Waals surface area contributed by atoms with E-state index in [0.29, 0.717) is 23.9 Å². The van der Waals surface area contributed by atoms with Crippen molar-refractivity contribution in [3.8, 4) is 11.1 Å². The highest BCUT2D eigenvalue weighted by molar-refractivity contribution is 7.89. The first-order chi connectivity index (χ1) is 16.3. The molecule has 0 saturated carbocycles. The summed E-state index contributed by atoms with van der Waals surface area (Å²) in [5.74, 6) is 0.362. The fourth-order valence-corrected chi connectivity index (χ4v) is 7.35. The predicted octanol–water partition coefficient (Wildman–Crippen LogP) is 5.53. The Morgan fingerprint density at radius 3 is 2.15 bits per heavy atom. The molecular weight excluding hydrogens is 440 g/mol. The number of rotatable bonds is 4. The molecule has 178 valence electrons. The lowest BCUT2D eigenvalue weighted by molar-refractivity contribution is 0.0347. The molecule has 0 aromatic heterocycles. The normalized spacial score (nSPS) is 21.9. The lowest BCUT2D eigenvalue weighted by atomic mass is 9.81. The Morgan fingerprint density at radius 2 is 1.44 bits per heavy atom. The highest BCUT2D eigenvalue weighted by Crippen LogP contribution is 2.38. The van der Waals surface area contributed by atoms with E-state index >= 15 is 0 Å². The fraction of sp³-hybridized carbons (Fsp3) is 0.379. The van der Waals surface area contributed by atoms with Crippen molar-refractivity contribution in [3.05, 3.63) is 89.0 Å². The van der Waals surface area contributed by atoms with Gasteiger partial charge < -0.3 is 0 Å². The molecule has 2 saturated heterocycles. The van der Waals surface area contributed by atoms with Gasteiger partial charge in [-0.05, 0) is 68.5 Å². The number of sulfonamides is 1. The van der Waals surface area contributed by atoms with Crippen molar-refractivity contribution in [3.63, 3.8) is 0 Å². The van der Waals surface area contributed by atoms with E-state index < -0.39 is 10.0 Å². The van der Waals surface area contributed by atoms with Crippen LogP contribution in [-0.4, -0.2) is 49.8 Å². The molecule has 5 heteroatoms. The molecular formula is C29H34N2O2S. The van der Waals surface area contributed by atoms with E-state index in [2.05, 4.69) is 61.2 Å². The van der Waals surface area contributed by atoms with Crippen LogP contribution in [0.4, 0.5) is 0 Å². The van der Waals surface area contributed by atoms with Crippen LogP contribution in [0.25, 0.3) is 11.1 Å². The van der Waals surface area contributed by atoms with Gasteiger partial charge in [0.05, 0.1) is 4.90 Å². The molecule has 2 aliphatic rings. The molecule has 0 unspecified atom stereocenters. The SMILES string of the molecule is Cc1cc(C)cc(-c2ccc([C@@H]3CN4CCCCN(S(=O)(=O)c5ccccc5C)C[C@@H]34)cc2)c1. The maximum absolute atomic E-state index is 13.6. The molecule has 2 heterocycles. The van der Waals surface area contributed by atoms with Crippen LogP contribution in [0, 0.1) is 20.8 Å². The predicted molar refractivity (Wildman–Crippen MR) is 139 cm³/mol. The molecule has 2 atom stereocenters. The maximum atomic E-state index is 13.6. The third kappa shape index (κ3) is 4.45. The molecule has 0 amide bonds. The molecule has 4 nitrogen and oxygen atoms in total. The summed E-state index contributed by atoms with van der Waals surface area (Å²) in [6.07, 6.45) is 1.94. The monoisotopic (exact) mass is 474 g/mol. The van der Waals surface area contributed by atoms with Gasteiger partial charge in [-0.15, -0.1) is 0 Å². The molecule has 0 N–H and O–H groups in total. The van der Waals surface area contributed by atoms with Crippen molar-refractivity contribution in [2.75, 3.05) is 26.2 Å². The standard InChI is InChI=1S/C29H34N2O2S/c1-21-16-22(2)18-26(17-21)24-10-12-25(13-11-24)27-19-30-14-6-7-15-31(20-28(27)30)34(32,33)29-9-5-4-8-23(29)3/h4-5,8-13,16-18,27-28H,6-7,14-15,19-20H2,1-3H3/t27-,28-/m0/s1. The molecule has 5 rings (SSSR count). The Hall–Kier alpha value is -2.47. The van der Waals surface area contributed by atoms with Crippen molar-refractivity contribution in [1.82, 2.24) is 9.21 Å². The van der Waals surface area contributed by atoms with Crippen LogP contribution in [0.5, 0.6) is 0 Å². The number of hydrogen-bond donors (Lipinski definition) is 0. The molecule has 0 aliphatic carbocycles. The zero-order valence-corrected chi connectivity index (χ0v) is 21.2. The van der Waals surface area contributed by atoms with Crippen LogP contribution in [0.2, 0.25) is 0 Å². The van der Waals surface area contributed by atoms with Crippen molar-refractivity contribution < 1.29 is 8.42 Å². The third-order valence-electron chi connectivity index (χ3n) is 7.46. The Balaban J connectivity index is 1.38. The van der Waals surface area contributed by atoms with Gasteiger partial charge in [0.25, 0.3) is 0 Å². The summed E-state index contributed by atoms with van der Waals surface area (Å²) in [5.41, 5.74) is 7.15. The summed E-state index contributed by atoms with van der Waals surface area (Å²) in [7, 11) is -3.50. The average molecular weight is 475 g/mol. The van der Waals surface area contributed by atoms with Gasteiger partial charge in [-0.3, -0.25) is 4.90 Å². The number of benzene rings is 3. The summed E-state index contributed by atoms with van der Waals surface area (Å²) in [5, 5.41) is 0. The number of fused-ring (bicyclic) bond motifs is 1. The Morgan fingerprint density at radius 1 is 0.765 bits per heavy atom. The Kier molecular flexibility index (Phi) is 6.36. The van der Waals surface area contributed by atoms with Crippen LogP contribution < -0.4 is 0 Å². The van der Waals surface area contributed by atoms with Crippen molar-refractivity contribution >= 4 is 10.0 Å². The average Bonchev–Trinajstić information content (AvgIpc) is 2.78. The van der Waals surface area contributed by atoms with Crippen LogP contribution in [-0.2, 0) is 10.0 Å². The maximum Gasteiger partial charge on any atom is 0.243 e. The highest BCUT2D eigenvalue weighted by atomic mass is 32.2. The summed E-state index contributed by atoms with van der Waals surface area (Å²) in [6.45, 7) is 9.37. The minimum Gasteiger partial charge on any atom is -0.298 e. The Bertz CT molecular complexity index is 1260. The van der Waals surface area contributed by atoms with Crippen LogP contribution in [0.1, 0.15) is 41.0 Å². The van der Waals surface area contributed by atoms with E-state index in [0.717, 1.165) is 31.5 Å². The van der Waals surface area contributed by atoms with E-state index in [9.17, 15) is 8.42 Å². The summed E-state index contributed by atoms with van der Waals surface area (Å²) in [6, 6.07) is 23.2. The van der Waals surface area contributed by atoms with Gasteiger partial charge in [-0.1, -0.05) is 71.8 Å². The van der Waals surface area contributed by atoms with E-state index in [1.54, 1.807) is 10.4 Å².